The summed E-state index contributed by atoms with van der Waals surface area (Å²) in [7, 11) is 0. The molecule has 74 valence electrons. The number of aliphatic hydroxyl groups is 2. The van der Waals surface area contributed by atoms with E-state index in [9.17, 15) is 5.11 Å². The summed E-state index contributed by atoms with van der Waals surface area (Å²) < 4.78 is 0. The second kappa shape index (κ2) is 7.56. The van der Waals surface area contributed by atoms with Crippen LogP contribution in [0.4, 0.5) is 0 Å². The first-order valence-corrected chi connectivity index (χ1v) is 5.01. The van der Waals surface area contributed by atoms with Gasteiger partial charge in [0.05, 0.1) is 6.10 Å². The van der Waals surface area contributed by atoms with Gasteiger partial charge in [0.15, 0.2) is 0 Å². The smallest absolute Gasteiger partial charge is 0.0587 e. The quantitative estimate of drug-likeness (QED) is 0.579. The molecule has 2 unspecified atom stereocenters. The van der Waals surface area contributed by atoms with Gasteiger partial charge >= 0.3 is 0 Å². The SMILES string of the molecule is CCCCCCC(O)C(C)CO. The lowest BCUT2D eigenvalue weighted by molar-refractivity contribution is 0.0685. The summed E-state index contributed by atoms with van der Waals surface area (Å²) in [6.45, 7) is 4.15. The average molecular weight is 174 g/mol. The molecule has 0 aliphatic heterocycles. The fraction of sp³-hybridized carbons (Fsp3) is 1.00. The fourth-order valence-electron chi connectivity index (χ4n) is 1.19. The molecule has 0 heterocycles. The van der Waals surface area contributed by atoms with Crippen LogP contribution in [0.2, 0.25) is 0 Å². The Morgan fingerprint density at radius 1 is 1.17 bits per heavy atom. The summed E-state index contributed by atoms with van der Waals surface area (Å²) in [6, 6.07) is 0. The molecule has 2 nitrogen and oxygen atoms in total. The van der Waals surface area contributed by atoms with Gasteiger partial charge in [0.2, 0.25) is 0 Å². The number of hydrogen-bond donors (Lipinski definition) is 2. The van der Waals surface area contributed by atoms with Gasteiger partial charge in [-0.1, -0.05) is 39.5 Å². The van der Waals surface area contributed by atoms with Crippen LogP contribution in [0.15, 0.2) is 0 Å². The van der Waals surface area contributed by atoms with Crippen LogP contribution in [-0.4, -0.2) is 22.9 Å². The third-order valence-electron chi connectivity index (χ3n) is 2.30. The molecule has 0 saturated carbocycles. The normalized spacial score (nSPS) is 16.0. The van der Waals surface area contributed by atoms with Gasteiger partial charge in [0.25, 0.3) is 0 Å². The molecule has 0 aromatic rings. The van der Waals surface area contributed by atoms with Crippen LogP contribution in [0.1, 0.15) is 46.0 Å². The van der Waals surface area contributed by atoms with Gasteiger partial charge in [-0.3, -0.25) is 0 Å². The van der Waals surface area contributed by atoms with E-state index in [0.29, 0.717) is 0 Å². The Bertz CT molecular complexity index is 93.8. The Hall–Kier alpha value is -0.0800. The molecule has 0 fully saturated rings. The lowest BCUT2D eigenvalue weighted by Crippen LogP contribution is -2.20. The van der Waals surface area contributed by atoms with Crippen molar-refractivity contribution in [2.75, 3.05) is 6.61 Å². The zero-order valence-corrected chi connectivity index (χ0v) is 8.29. The van der Waals surface area contributed by atoms with Crippen LogP contribution in [0.5, 0.6) is 0 Å². The van der Waals surface area contributed by atoms with Crippen molar-refractivity contribution >= 4 is 0 Å². The molecule has 0 aliphatic rings. The van der Waals surface area contributed by atoms with Crippen LogP contribution in [0, 0.1) is 5.92 Å². The topological polar surface area (TPSA) is 40.5 Å². The molecular weight excluding hydrogens is 152 g/mol. The molecule has 0 radical (unpaired) electrons. The summed E-state index contributed by atoms with van der Waals surface area (Å²) in [4.78, 5) is 0. The minimum absolute atomic E-state index is 0.0339. The third kappa shape index (κ3) is 5.56. The maximum Gasteiger partial charge on any atom is 0.0587 e. The van der Waals surface area contributed by atoms with Crippen molar-refractivity contribution in [2.45, 2.75) is 52.1 Å². The van der Waals surface area contributed by atoms with Crippen LogP contribution >= 0.6 is 0 Å². The molecule has 0 rings (SSSR count). The third-order valence-corrected chi connectivity index (χ3v) is 2.30. The highest BCUT2D eigenvalue weighted by Crippen LogP contribution is 2.11. The van der Waals surface area contributed by atoms with E-state index in [1.807, 2.05) is 6.92 Å². The maximum absolute atomic E-state index is 9.46. The van der Waals surface area contributed by atoms with Gasteiger partial charge in [0, 0.05) is 12.5 Å². The van der Waals surface area contributed by atoms with E-state index < -0.39 is 0 Å². The second-order valence-electron chi connectivity index (χ2n) is 3.58. The van der Waals surface area contributed by atoms with Crippen molar-refractivity contribution in [3.05, 3.63) is 0 Å². The van der Waals surface area contributed by atoms with Crippen LogP contribution < -0.4 is 0 Å². The summed E-state index contributed by atoms with van der Waals surface area (Å²) in [5, 5.41) is 18.2. The minimum atomic E-state index is -0.313. The molecule has 12 heavy (non-hydrogen) atoms. The lowest BCUT2D eigenvalue weighted by Gasteiger charge is -2.15. The first-order valence-electron chi connectivity index (χ1n) is 5.01. The Morgan fingerprint density at radius 2 is 1.83 bits per heavy atom. The first-order chi connectivity index (χ1) is 5.72. The van der Waals surface area contributed by atoms with Gasteiger partial charge in [-0.2, -0.15) is 0 Å². The predicted octanol–water partition coefficient (Wildman–Crippen LogP) is 1.95. The largest absolute Gasteiger partial charge is 0.396 e. The predicted molar refractivity (Wildman–Crippen MR) is 51.0 cm³/mol. The molecular formula is C10H22O2. The van der Waals surface area contributed by atoms with Crippen molar-refractivity contribution < 1.29 is 10.2 Å². The molecule has 0 aromatic heterocycles. The Morgan fingerprint density at radius 3 is 2.33 bits per heavy atom. The highest BCUT2D eigenvalue weighted by molar-refractivity contribution is 4.62. The van der Waals surface area contributed by atoms with E-state index in [4.69, 9.17) is 5.11 Å². The summed E-state index contributed by atoms with van der Waals surface area (Å²) in [5.74, 6) is 0.0339. The standard InChI is InChI=1S/C10H22O2/c1-3-4-5-6-7-10(12)9(2)8-11/h9-12H,3-8H2,1-2H3. The van der Waals surface area contributed by atoms with E-state index in [1.54, 1.807) is 0 Å². The zero-order chi connectivity index (χ0) is 9.40. The van der Waals surface area contributed by atoms with Crippen LogP contribution in [-0.2, 0) is 0 Å². The molecule has 0 spiro atoms. The summed E-state index contributed by atoms with van der Waals surface area (Å²) in [5.41, 5.74) is 0. The second-order valence-corrected chi connectivity index (χ2v) is 3.58. The van der Waals surface area contributed by atoms with Crippen LogP contribution in [0.25, 0.3) is 0 Å². The van der Waals surface area contributed by atoms with Gasteiger partial charge in [0.1, 0.15) is 0 Å². The summed E-state index contributed by atoms with van der Waals surface area (Å²) >= 11 is 0. The molecule has 0 bridgehead atoms. The number of aliphatic hydroxyl groups excluding tert-OH is 2. The van der Waals surface area contributed by atoms with E-state index >= 15 is 0 Å². The summed E-state index contributed by atoms with van der Waals surface area (Å²) in [6.07, 6.45) is 5.28. The Kier molecular flexibility index (Phi) is 7.51. The van der Waals surface area contributed by atoms with E-state index in [-0.39, 0.29) is 18.6 Å². The molecule has 2 heteroatoms. The number of rotatable bonds is 7. The van der Waals surface area contributed by atoms with E-state index in [1.165, 1.54) is 19.3 Å². The van der Waals surface area contributed by atoms with Crippen molar-refractivity contribution in [3.8, 4) is 0 Å². The van der Waals surface area contributed by atoms with Gasteiger partial charge in [-0.25, -0.2) is 0 Å². The Labute approximate surface area is 75.6 Å². The monoisotopic (exact) mass is 174 g/mol. The van der Waals surface area contributed by atoms with Gasteiger partial charge < -0.3 is 10.2 Å². The van der Waals surface area contributed by atoms with Crippen molar-refractivity contribution in [1.29, 1.82) is 0 Å². The van der Waals surface area contributed by atoms with E-state index in [2.05, 4.69) is 6.92 Å². The number of hydrogen-bond acceptors (Lipinski definition) is 2. The van der Waals surface area contributed by atoms with Gasteiger partial charge in [-0.15, -0.1) is 0 Å². The number of unbranched alkanes of at least 4 members (excludes halogenated alkanes) is 3. The first kappa shape index (κ1) is 11.9. The minimum Gasteiger partial charge on any atom is -0.396 e. The van der Waals surface area contributed by atoms with Crippen molar-refractivity contribution in [1.82, 2.24) is 0 Å². The van der Waals surface area contributed by atoms with Crippen molar-refractivity contribution in [3.63, 3.8) is 0 Å². The lowest BCUT2D eigenvalue weighted by atomic mass is 10.00. The fourth-order valence-corrected chi connectivity index (χ4v) is 1.19. The average Bonchev–Trinajstić information content (AvgIpc) is 2.10. The maximum atomic E-state index is 9.46. The Balaban J connectivity index is 3.24. The zero-order valence-electron chi connectivity index (χ0n) is 8.29. The molecule has 0 amide bonds. The van der Waals surface area contributed by atoms with E-state index in [0.717, 1.165) is 12.8 Å². The molecule has 0 aromatic carbocycles. The highest BCUT2D eigenvalue weighted by atomic mass is 16.3. The van der Waals surface area contributed by atoms with Crippen molar-refractivity contribution in [2.24, 2.45) is 5.92 Å². The molecule has 0 aliphatic carbocycles. The molecule has 2 atom stereocenters. The molecule has 2 N–H and O–H groups in total. The van der Waals surface area contributed by atoms with Crippen LogP contribution in [0.3, 0.4) is 0 Å². The highest BCUT2D eigenvalue weighted by Gasteiger charge is 2.11. The van der Waals surface area contributed by atoms with Gasteiger partial charge in [-0.05, 0) is 6.42 Å². The molecule has 0 saturated heterocycles.